The monoisotopic (exact) mass is 258 g/mol. The largest absolute Gasteiger partial charge is 0.489 e. The third kappa shape index (κ3) is 2.70. The van der Waals surface area contributed by atoms with Crippen LogP contribution in [0.4, 0.5) is 0 Å². The number of halogens is 2. The molecule has 0 N–H and O–H groups in total. The summed E-state index contributed by atoms with van der Waals surface area (Å²) < 4.78 is 11.0. The van der Waals surface area contributed by atoms with Gasteiger partial charge in [0.25, 0.3) is 0 Å². The quantitative estimate of drug-likeness (QED) is 0.593. The van der Waals surface area contributed by atoms with E-state index in [4.69, 9.17) is 32.7 Å². The van der Waals surface area contributed by atoms with Gasteiger partial charge < -0.3 is 9.47 Å². The van der Waals surface area contributed by atoms with Gasteiger partial charge in [0.1, 0.15) is 18.0 Å². The molecule has 0 saturated carbocycles. The van der Waals surface area contributed by atoms with Crippen molar-refractivity contribution in [1.29, 1.82) is 0 Å². The zero-order valence-corrected chi connectivity index (χ0v) is 10.2. The Morgan fingerprint density at radius 1 is 1.50 bits per heavy atom. The van der Waals surface area contributed by atoms with Crippen molar-refractivity contribution in [2.24, 2.45) is 0 Å². The Morgan fingerprint density at radius 2 is 2.25 bits per heavy atom. The van der Waals surface area contributed by atoms with Crippen LogP contribution in [0.15, 0.2) is 30.9 Å². The van der Waals surface area contributed by atoms with Gasteiger partial charge in [-0.15, -0.1) is 6.58 Å². The van der Waals surface area contributed by atoms with Crippen molar-refractivity contribution >= 4 is 23.2 Å². The molecule has 1 fully saturated rings. The first-order valence-electron chi connectivity index (χ1n) is 4.98. The molecule has 1 aliphatic rings. The van der Waals surface area contributed by atoms with Crippen LogP contribution in [0, 0.1) is 0 Å². The molecule has 0 bridgehead atoms. The van der Waals surface area contributed by atoms with Crippen LogP contribution in [0.1, 0.15) is 6.42 Å². The van der Waals surface area contributed by atoms with Crippen molar-refractivity contribution < 1.29 is 9.47 Å². The van der Waals surface area contributed by atoms with Crippen molar-refractivity contribution in [3.8, 4) is 5.75 Å². The molecule has 1 saturated heterocycles. The van der Waals surface area contributed by atoms with Gasteiger partial charge in [0.2, 0.25) is 0 Å². The Hall–Kier alpha value is -0.700. The highest BCUT2D eigenvalue weighted by molar-refractivity contribution is 6.35. The van der Waals surface area contributed by atoms with Crippen LogP contribution in [0.2, 0.25) is 10.0 Å². The van der Waals surface area contributed by atoms with E-state index in [1.807, 2.05) is 6.08 Å². The minimum absolute atomic E-state index is 0.190. The van der Waals surface area contributed by atoms with Gasteiger partial charge in [0.05, 0.1) is 11.6 Å². The Balaban J connectivity index is 1.97. The van der Waals surface area contributed by atoms with Crippen molar-refractivity contribution in [2.45, 2.75) is 12.0 Å². The summed E-state index contributed by atoms with van der Waals surface area (Å²) in [5.74, 6) is 0.630. The zero-order valence-electron chi connectivity index (χ0n) is 8.71. The fourth-order valence-electron chi connectivity index (χ4n) is 1.43. The average Bonchev–Trinajstić information content (AvgIpc) is 2.98. The van der Waals surface area contributed by atoms with Gasteiger partial charge in [0.15, 0.2) is 0 Å². The molecule has 2 rings (SSSR count). The summed E-state index contributed by atoms with van der Waals surface area (Å²) in [6.07, 6.45) is 2.62. The van der Waals surface area contributed by atoms with Crippen LogP contribution in [0.3, 0.4) is 0 Å². The lowest BCUT2D eigenvalue weighted by atomic mass is 10.1. The zero-order chi connectivity index (χ0) is 11.6. The molecule has 86 valence electrons. The second kappa shape index (κ2) is 4.66. The molecule has 1 aromatic carbocycles. The summed E-state index contributed by atoms with van der Waals surface area (Å²) in [7, 11) is 0. The van der Waals surface area contributed by atoms with Crippen LogP contribution in [-0.4, -0.2) is 18.8 Å². The lowest BCUT2D eigenvalue weighted by molar-refractivity contribution is 0.190. The summed E-state index contributed by atoms with van der Waals surface area (Å²) >= 11 is 11.8. The van der Waals surface area contributed by atoms with E-state index in [1.165, 1.54) is 0 Å². The maximum atomic E-state index is 5.99. The van der Waals surface area contributed by atoms with Gasteiger partial charge in [-0.3, -0.25) is 0 Å². The Bertz CT molecular complexity index is 400. The number of benzene rings is 1. The minimum Gasteiger partial charge on any atom is -0.489 e. The predicted octanol–water partition coefficient (Wildman–Crippen LogP) is 3.72. The van der Waals surface area contributed by atoms with Gasteiger partial charge >= 0.3 is 0 Å². The Morgan fingerprint density at radius 3 is 2.81 bits per heavy atom. The molecule has 1 aromatic rings. The second-order valence-electron chi connectivity index (χ2n) is 3.83. The molecule has 0 radical (unpaired) electrons. The molecule has 0 spiro atoms. The molecule has 16 heavy (non-hydrogen) atoms. The Labute approximate surface area is 105 Å². The maximum absolute atomic E-state index is 5.99. The summed E-state index contributed by atoms with van der Waals surface area (Å²) in [6.45, 7) is 4.89. The van der Waals surface area contributed by atoms with E-state index in [9.17, 15) is 0 Å². The number of epoxide rings is 1. The Kier molecular flexibility index (Phi) is 3.43. The molecule has 1 unspecified atom stereocenters. The molecule has 1 heterocycles. The first-order valence-corrected chi connectivity index (χ1v) is 5.73. The first kappa shape index (κ1) is 11.8. The summed E-state index contributed by atoms with van der Waals surface area (Å²) in [6, 6.07) is 5.16. The van der Waals surface area contributed by atoms with E-state index < -0.39 is 0 Å². The molecule has 1 atom stereocenters. The number of hydrogen-bond acceptors (Lipinski definition) is 2. The minimum atomic E-state index is -0.190. The normalized spacial score (nSPS) is 22.9. The predicted molar refractivity (Wildman–Crippen MR) is 65.5 cm³/mol. The fourth-order valence-corrected chi connectivity index (χ4v) is 1.89. The van der Waals surface area contributed by atoms with E-state index in [0.29, 0.717) is 29.0 Å². The third-order valence-electron chi connectivity index (χ3n) is 2.45. The van der Waals surface area contributed by atoms with Gasteiger partial charge in [-0.2, -0.15) is 0 Å². The maximum Gasteiger partial charge on any atom is 0.138 e. The average molecular weight is 259 g/mol. The molecule has 1 aliphatic heterocycles. The van der Waals surface area contributed by atoms with Crippen molar-refractivity contribution in [3.05, 3.63) is 40.9 Å². The molecule has 0 aliphatic carbocycles. The summed E-state index contributed by atoms with van der Waals surface area (Å²) in [5.41, 5.74) is -0.190. The van der Waals surface area contributed by atoms with Crippen LogP contribution in [-0.2, 0) is 4.74 Å². The molecule has 4 heteroatoms. The van der Waals surface area contributed by atoms with Crippen LogP contribution in [0.5, 0.6) is 5.75 Å². The van der Waals surface area contributed by atoms with Gasteiger partial charge in [0, 0.05) is 5.02 Å². The smallest absolute Gasteiger partial charge is 0.138 e. The molecule has 2 nitrogen and oxygen atoms in total. The van der Waals surface area contributed by atoms with Gasteiger partial charge in [-0.05, 0) is 24.6 Å². The van der Waals surface area contributed by atoms with E-state index in [2.05, 4.69) is 6.58 Å². The van der Waals surface area contributed by atoms with Gasteiger partial charge in [-0.25, -0.2) is 0 Å². The van der Waals surface area contributed by atoms with Crippen molar-refractivity contribution in [1.82, 2.24) is 0 Å². The highest BCUT2D eigenvalue weighted by Crippen LogP contribution is 2.34. The van der Waals surface area contributed by atoms with E-state index in [-0.39, 0.29) is 5.60 Å². The summed E-state index contributed by atoms with van der Waals surface area (Å²) in [5, 5.41) is 1.11. The highest BCUT2D eigenvalue weighted by atomic mass is 35.5. The van der Waals surface area contributed by atoms with E-state index in [0.717, 1.165) is 6.42 Å². The first-order chi connectivity index (χ1) is 7.65. The molecule has 0 amide bonds. The SMILES string of the molecule is C=CCC1(COc2ccc(Cl)cc2Cl)CO1. The van der Waals surface area contributed by atoms with Crippen LogP contribution in [0.25, 0.3) is 0 Å². The summed E-state index contributed by atoms with van der Waals surface area (Å²) in [4.78, 5) is 0. The third-order valence-corrected chi connectivity index (χ3v) is 2.98. The number of hydrogen-bond donors (Lipinski definition) is 0. The standard InChI is InChI=1S/C12H12Cl2O2/c1-2-5-12(8-16-12)7-15-11-4-3-9(13)6-10(11)14/h2-4,6H,1,5,7-8H2. The second-order valence-corrected chi connectivity index (χ2v) is 4.67. The van der Waals surface area contributed by atoms with Crippen LogP contribution < -0.4 is 4.74 Å². The number of ether oxygens (including phenoxy) is 2. The lowest BCUT2D eigenvalue weighted by Gasteiger charge is -2.12. The van der Waals surface area contributed by atoms with Crippen molar-refractivity contribution in [3.63, 3.8) is 0 Å². The molecule has 0 aromatic heterocycles. The highest BCUT2D eigenvalue weighted by Gasteiger charge is 2.44. The molecular weight excluding hydrogens is 247 g/mol. The fraction of sp³-hybridized carbons (Fsp3) is 0.333. The van der Waals surface area contributed by atoms with E-state index in [1.54, 1.807) is 18.2 Å². The van der Waals surface area contributed by atoms with E-state index >= 15 is 0 Å². The topological polar surface area (TPSA) is 21.8 Å². The lowest BCUT2D eigenvalue weighted by Crippen LogP contribution is -2.20. The van der Waals surface area contributed by atoms with Crippen molar-refractivity contribution in [2.75, 3.05) is 13.2 Å². The molecular formula is C12H12Cl2O2. The van der Waals surface area contributed by atoms with Gasteiger partial charge in [-0.1, -0.05) is 29.3 Å². The van der Waals surface area contributed by atoms with Crippen LogP contribution >= 0.6 is 23.2 Å². The number of rotatable bonds is 5.